The normalized spacial score (nSPS) is 15.6. The Morgan fingerprint density at radius 1 is 1.12 bits per heavy atom. The van der Waals surface area contributed by atoms with Gasteiger partial charge in [0, 0.05) is 30.3 Å². The van der Waals surface area contributed by atoms with Crippen LogP contribution in [0.3, 0.4) is 0 Å². The molecule has 2 heterocycles. The lowest BCUT2D eigenvalue weighted by Gasteiger charge is -2.24. The van der Waals surface area contributed by atoms with Crippen LogP contribution in [0, 0.1) is 12.7 Å². The number of aryl methyl sites for hydroxylation is 2. The minimum Gasteiger partial charge on any atom is -0.366 e. The fourth-order valence-corrected chi connectivity index (χ4v) is 4.45. The van der Waals surface area contributed by atoms with Gasteiger partial charge in [0.1, 0.15) is 5.82 Å². The van der Waals surface area contributed by atoms with E-state index in [-0.39, 0.29) is 17.8 Å². The molecular formula is C27H28FN3O2. The van der Waals surface area contributed by atoms with E-state index in [1.165, 1.54) is 6.07 Å². The van der Waals surface area contributed by atoms with Crippen LogP contribution in [0.15, 0.2) is 60.8 Å². The van der Waals surface area contributed by atoms with Gasteiger partial charge in [-0.1, -0.05) is 30.3 Å². The van der Waals surface area contributed by atoms with Gasteiger partial charge in [-0.05, 0) is 73.6 Å². The summed E-state index contributed by atoms with van der Waals surface area (Å²) >= 11 is 0. The number of hydrogen-bond acceptors (Lipinski definition) is 3. The number of rotatable bonds is 7. The van der Waals surface area contributed by atoms with E-state index in [1.807, 2.05) is 29.2 Å². The van der Waals surface area contributed by atoms with E-state index in [9.17, 15) is 14.0 Å². The van der Waals surface area contributed by atoms with Crippen LogP contribution in [0.25, 0.3) is 11.1 Å². The van der Waals surface area contributed by atoms with Gasteiger partial charge in [0.25, 0.3) is 0 Å². The fraction of sp³-hybridized carbons (Fsp3) is 0.296. The molecule has 0 radical (unpaired) electrons. The van der Waals surface area contributed by atoms with Crippen molar-refractivity contribution in [2.75, 3.05) is 6.54 Å². The third kappa shape index (κ3) is 5.28. The van der Waals surface area contributed by atoms with Crippen LogP contribution in [0.2, 0.25) is 0 Å². The maximum atomic E-state index is 13.4. The molecule has 2 N–H and O–H groups in total. The predicted molar refractivity (Wildman–Crippen MR) is 126 cm³/mol. The molecule has 3 aromatic rings. The molecule has 5 nitrogen and oxygen atoms in total. The molecule has 2 amide bonds. The molecule has 0 bridgehead atoms. The van der Waals surface area contributed by atoms with Crippen molar-refractivity contribution in [3.63, 3.8) is 0 Å². The summed E-state index contributed by atoms with van der Waals surface area (Å²) in [5.41, 5.74) is 10.2. The number of hydrogen-bond donors (Lipinski definition) is 1. The predicted octanol–water partition coefficient (Wildman–Crippen LogP) is 4.98. The number of carbonyl (C=O) groups excluding carboxylic acids is 2. The van der Waals surface area contributed by atoms with Crippen LogP contribution in [0.4, 0.5) is 4.39 Å². The van der Waals surface area contributed by atoms with Gasteiger partial charge in [0.15, 0.2) is 0 Å². The number of benzene rings is 2. The van der Waals surface area contributed by atoms with Crippen molar-refractivity contribution < 1.29 is 14.0 Å². The van der Waals surface area contributed by atoms with Crippen molar-refractivity contribution >= 4 is 11.8 Å². The number of primary amides is 1. The molecule has 1 aromatic heterocycles. The van der Waals surface area contributed by atoms with Crippen molar-refractivity contribution in [2.24, 2.45) is 5.73 Å². The standard InChI is InChI=1S/C27H28FN3O2/c1-18-15-19(10-12-23(18)28)5-2-9-26(32)31-14-4-8-25(31)24-13-11-22(17-30-24)20-6-3-7-21(16-20)27(29)33/h3,6-7,10-13,15-17,25H,2,4-5,8-9,14H2,1H3,(H2,29,33)/t25-/m0/s1. The second-order valence-corrected chi connectivity index (χ2v) is 8.60. The molecule has 1 fully saturated rings. The van der Waals surface area contributed by atoms with Gasteiger partial charge < -0.3 is 10.6 Å². The minimum atomic E-state index is -0.462. The van der Waals surface area contributed by atoms with E-state index in [1.54, 1.807) is 37.4 Å². The maximum Gasteiger partial charge on any atom is 0.248 e. The molecule has 0 unspecified atom stereocenters. The number of amides is 2. The molecule has 1 saturated heterocycles. The Bertz CT molecular complexity index is 1160. The molecular weight excluding hydrogens is 417 g/mol. The molecule has 4 rings (SSSR count). The number of nitrogens with zero attached hydrogens (tertiary/aromatic N) is 2. The third-order valence-corrected chi connectivity index (χ3v) is 6.26. The van der Waals surface area contributed by atoms with E-state index in [0.29, 0.717) is 17.5 Å². The lowest BCUT2D eigenvalue weighted by atomic mass is 10.0. The lowest BCUT2D eigenvalue weighted by molar-refractivity contribution is -0.132. The summed E-state index contributed by atoms with van der Waals surface area (Å²) < 4.78 is 13.4. The van der Waals surface area contributed by atoms with E-state index in [0.717, 1.165) is 54.6 Å². The first-order valence-electron chi connectivity index (χ1n) is 11.3. The third-order valence-electron chi connectivity index (χ3n) is 6.26. The topological polar surface area (TPSA) is 76.3 Å². The average Bonchev–Trinajstić information content (AvgIpc) is 3.32. The van der Waals surface area contributed by atoms with Crippen molar-refractivity contribution in [3.8, 4) is 11.1 Å². The Morgan fingerprint density at radius 2 is 1.97 bits per heavy atom. The van der Waals surface area contributed by atoms with Crippen molar-refractivity contribution in [1.29, 1.82) is 0 Å². The maximum absolute atomic E-state index is 13.4. The van der Waals surface area contributed by atoms with E-state index in [4.69, 9.17) is 5.73 Å². The molecule has 2 aromatic carbocycles. The first kappa shape index (κ1) is 22.6. The summed E-state index contributed by atoms with van der Waals surface area (Å²) in [5, 5.41) is 0. The zero-order valence-electron chi connectivity index (χ0n) is 18.8. The molecule has 33 heavy (non-hydrogen) atoms. The molecule has 1 aliphatic heterocycles. The first-order valence-corrected chi connectivity index (χ1v) is 11.3. The van der Waals surface area contributed by atoms with Crippen molar-refractivity contribution in [1.82, 2.24) is 9.88 Å². The summed E-state index contributed by atoms with van der Waals surface area (Å²) in [4.78, 5) is 31.0. The van der Waals surface area contributed by atoms with Gasteiger partial charge in [-0.25, -0.2) is 4.39 Å². The van der Waals surface area contributed by atoms with Crippen molar-refractivity contribution in [2.45, 2.75) is 45.1 Å². The highest BCUT2D eigenvalue weighted by Crippen LogP contribution is 2.32. The van der Waals surface area contributed by atoms with E-state index >= 15 is 0 Å². The lowest BCUT2D eigenvalue weighted by Crippen LogP contribution is -2.30. The Balaban J connectivity index is 1.39. The molecule has 0 saturated carbocycles. The van der Waals surface area contributed by atoms with Gasteiger partial charge in [-0.15, -0.1) is 0 Å². The fourth-order valence-electron chi connectivity index (χ4n) is 4.45. The van der Waals surface area contributed by atoms with Gasteiger partial charge in [0.2, 0.25) is 11.8 Å². The number of aromatic nitrogens is 1. The number of likely N-dealkylation sites (tertiary alicyclic amines) is 1. The second-order valence-electron chi connectivity index (χ2n) is 8.60. The molecule has 0 spiro atoms. The highest BCUT2D eigenvalue weighted by molar-refractivity contribution is 5.94. The summed E-state index contributed by atoms with van der Waals surface area (Å²) in [5.74, 6) is -0.527. The monoisotopic (exact) mass is 445 g/mol. The zero-order chi connectivity index (χ0) is 23.4. The zero-order valence-corrected chi connectivity index (χ0v) is 18.8. The van der Waals surface area contributed by atoms with E-state index < -0.39 is 5.91 Å². The SMILES string of the molecule is Cc1cc(CCCC(=O)N2CCC[C@H]2c2ccc(-c3cccc(C(N)=O)c3)cn2)ccc1F. The molecule has 170 valence electrons. The van der Waals surface area contributed by atoms with E-state index in [2.05, 4.69) is 4.98 Å². The van der Waals surface area contributed by atoms with Crippen LogP contribution >= 0.6 is 0 Å². The van der Waals surface area contributed by atoms with Gasteiger partial charge in [-0.3, -0.25) is 14.6 Å². The summed E-state index contributed by atoms with van der Waals surface area (Å²) in [6.45, 7) is 2.49. The highest BCUT2D eigenvalue weighted by Gasteiger charge is 2.30. The summed E-state index contributed by atoms with van der Waals surface area (Å²) in [6, 6.07) is 16.2. The largest absolute Gasteiger partial charge is 0.366 e. The van der Waals surface area contributed by atoms with Gasteiger partial charge >= 0.3 is 0 Å². The van der Waals surface area contributed by atoms with Gasteiger partial charge in [0.05, 0.1) is 11.7 Å². The Hall–Kier alpha value is -3.54. The number of halogens is 1. The van der Waals surface area contributed by atoms with Crippen LogP contribution < -0.4 is 5.73 Å². The molecule has 0 aliphatic carbocycles. The summed E-state index contributed by atoms with van der Waals surface area (Å²) in [6.07, 6.45) is 5.58. The van der Waals surface area contributed by atoms with Crippen LogP contribution in [0.1, 0.15) is 58.9 Å². The van der Waals surface area contributed by atoms with Crippen LogP contribution in [-0.2, 0) is 11.2 Å². The molecule has 6 heteroatoms. The minimum absolute atomic E-state index is 0.0171. The second kappa shape index (κ2) is 9.94. The Kier molecular flexibility index (Phi) is 6.82. The Labute approximate surface area is 193 Å². The highest BCUT2D eigenvalue weighted by atomic mass is 19.1. The molecule has 1 aliphatic rings. The molecule has 1 atom stereocenters. The van der Waals surface area contributed by atoms with Crippen LogP contribution in [-0.4, -0.2) is 28.2 Å². The first-order chi connectivity index (χ1) is 15.9. The van der Waals surface area contributed by atoms with Crippen molar-refractivity contribution in [3.05, 3.63) is 89.0 Å². The number of pyridine rings is 1. The summed E-state index contributed by atoms with van der Waals surface area (Å²) in [7, 11) is 0. The Morgan fingerprint density at radius 3 is 2.70 bits per heavy atom. The average molecular weight is 446 g/mol. The smallest absolute Gasteiger partial charge is 0.248 e. The number of carbonyl (C=O) groups is 2. The van der Waals surface area contributed by atoms with Gasteiger partial charge in [-0.2, -0.15) is 0 Å². The number of nitrogens with two attached hydrogens (primary N) is 1. The quantitative estimate of drug-likeness (QED) is 0.557. The van der Waals surface area contributed by atoms with Crippen LogP contribution in [0.5, 0.6) is 0 Å².